The molecule has 0 aliphatic rings. The molecule has 0 bridgehead atoms. The van der Waals surface area contributed by atoms with Crippen LogP contribution < -0.4 is 10.1 Å². The molecule has 2 aromatic heterocycles. The number of ether oxygens (including phenoxy) is 1. The Kier molecular flexibility index (Phi) is 5.92. The van der Waals surface area contributed by atoms with Crippen LogP contribution in [0.4, 0.5) is 5.69 Å². The van der Waals surface area contributed by atoms with Crippen molar-refractivity contribution in [1.82, 2.24) is 19.7 Å². The van der Waals surface area contributed by atoms with E-state index in [1.54, 1.807) is 59.3 Å². The molecule has 1 amide bonds. The SMILES string of the molecule is Cc1nc(Oc2ccc(NC(=O)c3ccccc3Cl)cc2)cc(-n2nc(C)c(C)c2C)n1. The van der Waals surface area contributed by atoms with Crippen molar-refractivity contribution in [2.75, 3.05) is 5.32 Å². The van der Waals surface area contributed by atoms with Crippen molar-refractivity contribution in [3.05, 3.63) is 88.0 Å². The third kappa shape index (κ3) is 4.48. The largest absolute Gasteiger partial charge is 0.439 e. The average Bonchev–Trinajstić information content (AvgIpc) is 3.02. The summed E-state index contributed by atoms with van der Waals surface area (Å²) in [5, 5.41) is 7.79. The summed E-state index contributed by atoms with van der Waals surface area (Å²) in [7, 11) is 0. The van der Waals surface area contributed by atoms with Crippen LogP contribution in [0.2, 0.25) is 5.02 Å². The molecular weight excluding hydrogens is 426 g/mol. The van der Waals surface area contributed by atoms with E-state index in [1.807, 2.05) is 27.7 Å². The summed E-state index contributed by atoms with van der Waals surface area (Å²) in [6, 6.07) is 15.7. The van der Waals surface area contributed by atoms with Crippen molar-refractivity contribution in [3.8, 4) is 17.4 Å². The summed E-state index contributed by atoms with van der Waals surface area (Å²) in [6.07, 6.45) is 0. The van der Waals surface area contributed by atoms with Crippen molar-refractivity contribution in [3.63, 3.8) is 0 Å². The van der Waals surface area contributed by atoms with Gasteiger partial charge in [0.25, 0.3) is 5.91 Å². The number of halogens is 1. The van der Waals surface area contributed by atoms with E-state index in [1.165, 1.54) is 0 Å². The molecule has 0 aliphatic heterocycles. The Balaban J connectivity index is 1.51. The van der Waals surface area contributed by atoms with E-state index in [4.69, 9.17) is 16.3 Å². The Labute approximate surface area is 191 Å². The minimum absolute atomic E-state index is 0.277. The number of carbonyl (C=O) groups is 1. The number of aromatic nitrogens is 4. The molecule has 7 nitrogen and oxygen atoms in total. The quantitative estimate of drug-likeness (QED) is 0.431. The Bertz CT molecular complexity index is 1300. The van der Waals surface area contributed by atoms with Crippen LogP contribution >= 0.6 is 11.6 Å². The standard InChI is InChI=1S/C24H22ClN5O2/c1-14-15(2)29-30(16(14)3)22-13-23(27-17(4)26-22)32-19-11-9-18(10-12-19)28-24(31)20-7-5-6-8-21(20)25/h5-13H,1-4H3,(H,28,31). The summed E-state index contributed by atoms with van der Waals surface area (Å²) in [6.45, 7) is 7.81. The summed E-state index contributed by atoms with van der Waals surface area (Å²) in [5.74, 6) is 1.93. The zero-order valence-electron chi connectivity index (χ0n) is 18.2. The number of nitrogens with zero attached hydrogens (tertiary/aromatic N) is 4. The van der Waals surface area contributed by atoms with Gasteiger partial charge < -0.3 is 10.1 Å². The zero-order chi connectivity index (χ0) is 22.8. The second-order valence-electron chi connectivity index (χ2n) is 7.38. The van der Waals surface area contributed by atoms with Gasteiger partial charge in [-0.05, 0) is 69.7 Å². The van der Waals surface area contributed by atoms with Crippen molar-refractivity contribution in [2.24, 2.45) is 0 Å². The first-order valence-corrected chi connectivity index (χ1v) is 10.4. The molecule has 32 heavy (non-hydrogen) atoms. The lowest BCUT2D eigenvalue weighted by Gasteiger charge is -2.10. The molecular formula is C24H22ClN5O2. The minimum atomic E-state index is -0.277. The van der Waals surface area contributed by atoms with E-state index in [0.29, 0.717) is 39.5 Å². The predicted molar refractivity (Wildman–Crippen MR) is 124 cm³/mol. The highest BCUT2D eigenvalue weighted by Gasteiger charge is 2.13. The Morgan fingerprint density at radius 3 is 2.38 bits per heavy atom. The maximum Gasteiger partial charge on any atom is 0.257 e. The van der Waals surface area contributed by atoms with Crippen LogP contribution in [-0.2, 0) is 0 Å². The van der Waals surface area contributed by atoms with E-state index in [9.17, 15) is 4.79 Å². The molecule has 0 saturated carbocycles. The third-order valence-electron chi connectivity index (χ3n) is 5.12. The van der Waals surface area contributed by atoms with Crippen LogP contribution in [0.25, 0.3) is 5.82 Å². The van der Waals surface area contributed by atoms with Gasteiger partial charge >= 0.3 is 0 Å². The topological polar surface area (TPSA) is 81.9 Å². The number of anilines is 1. The molecule has 1 N–H and O–H groups in total. The molecule has 0 saturated heterocycles. The van der Waals surface area contributed by atoms with E-state index in [0.717, 1.165) is 17.0 Å². The summed E-state index contributed by atoms with van der Waals surface area (Å²) in [5.41, 5.74) is 4.14. The van der Waals surface area contributed by atoms with Crippen LogP contribution in [-0.4, -0.2) is 25.7 Å². The number of carbonyl (C=O) groups excluding carboxylic acids is 1. The maximum absolute atomic E-state index is 12.4. The van der Waals surface area contributed by atoms with Crippen molar-refractivity contribution >= 4 is 23.2 Å². The average molecular weight is 448 g/mol. The Morgan fingerprint density at radius 1 is 1.00 bits per heavy atom. The number of rotatable bonds is 5. The highest BCUT2D eigenvalue weighted by Crippen LogP contribution is 2.25. The van der Waals surface area contributed by atoms with Gasteiger partial charge in [0.1, 0.15) is 11.6 Å². The number of benzene rings is 2. The highest BCUT2D eigenvalue weighted by molar-refractivity contribution is 6.34. The molecule has 0 unspecified atom stereocenters. The second-order valence-corrected chi connectivity index (χ2v) is 7.79. The summed E-state index contributed by atoms with van der Waals surface area (Å²) >= 11 is 6.09. The molecule has 2 aromatic carbocycles. The number of amides is 1. The van der Waals surface area contributed by atoms with Gasteiger partial charge in [-0.1, -0.05) is 23.7 Å². The van der Waals surface area contributed by atoms with Crippen molar-refractivity contribution in [1.29, 1.82) is 0 Å². The van der Waals surface area contributed by atoms with Crippen molar-refractivity contribution in [2.45, 2.75) is 27.7 Å². The van der Waals surface area contributed by atoms with Crippen LogP contribution in [0.5, 0.6) is 11.6 Å². The molecule has 0 aliphatic carbocycles. The van der Waals surface area contributed by atoms with Crippen molar-refractivity contribution < 1.29 is 9.53 Å². The van der Waals surface area contributed by atoms with Gasteiger partial charge in [0.2, 0.25) is 5.88 Å². The molecule has 4 aromatic rings. The molecule has 0 fully saturated rings. The van der Waals surface area contributed by atoms with E-state index in [-0.39, 0.29) is 5.91 Å². The minimum Gasteiger partial charge on any atom is -0.439 e. The van der Waals surface area contributed by atoms with Crippen LogP contribution in [0.15, 0.2) is 54.6 Å². The molecule has 0 radical (unpaired) electrons. The molecule has 0 spiro atoms. The van der Waals surface area contributed by atoms with Gasteiger partial charge in [-0.2, -0.15) is 10.1 Å². The molecule has 4 rings (SSSR count). The number of nitrogens with one attached hydrogen (secondary N) is 1. The number of aryl methyl sites for hydroxylation is 2. The van der Waals surface area contributed by atoms with Gasteiger partial charge in [-0.15, -0.1) is 0 Å². The smallest absolute Gasteiger partial charge is 0.257 e. The van der Waals surface area contributed by atoms with Gasteiger partial charge in [-0.25, -0.2) is 9.67 Å². The fourth-order valence-corrected chi connectivity index (χ4v) is 3.42. The van der Waals surface area contributed by atoms with Gasteiger partial charge in [0.05, 0.1) is 16.3 Å². The maximum atomic E-state index is 12.4. The normalized spacial score (nSPS) is 10.8. The van der Waals surface area contributed by atoms with Gasteiger partial charge in [0.15, 0.2) is 5.82 Å². The van der Waals surface area contributed by atoms with Crippen LogP contribution in [0, 0.1) is 27.7 Å². The predicted octanol–water partition coefficient (Wildman–Crippen LogP) is 5.59. The first-order valence-electron chi connectivity index (χ1n) is 10.0. The second kappa shape index (κ2) is 8.80. The van der Waals surface area contributed by atoms with Gasteiger partial charge in [0, 0.05) is 17.4 Å². The van der Waals surface area contributed by atoms with E-state index < -0.39 is 0 Å². The van der Waals surface area contributed by atoms with Crippen LogP contribution in [0.3, 0.4) is 0 Å². The molecule has 162 valence electrons. The van der Waals surface area contributed by atoms with E-state index in [2.05, 4.69) is 20.4 Å². The van der Waals surface area contributed by atoms with E-state index >= 15 is 0 Å². The fraction of sp³-hybridized carbons (Fsp3) is 0.167. The third-order valence-corrected chi connectivity index (χ3v) is 5.45. The first kappa shape index (κ1) is 21.5. The number of hydrogen-bond donors (Lipinski definition) is 1. The lowest BCUT2D eigenvalue weighted by molar-refractivity contribution is 0.102. The zero-order valence-corrected chi connectivity index (χ0v) is 18.9. The molecule has 8 heteroatoms. The first-order chi connectivity index (χ1) is 15.3. The lowest BCUT2D eigenvalue weighted by atomic mass is 10.2. The fourth-order valence-electron chi connectivity index (χ4n) is 3.20. The Morgan fingerprint density at radius 2 is 1.72 bits per heavy atom. The highest BCUT2D eigenvalue weighted by atomic mass is 35.5. The van der Waals surface area contributed by atoms with Gasteiger partial charge in [-0.3, -0.25) is 4.79 Å². The summed E-state index contributed by atoms with van der Waals surface area (Å²) in [4.78, 5) is 21.3. The lowest BCUT2D eigenvalue weighted by Crippen LogP contribution is -2.12. The monoisotopic (exact) mass is 447 g/mol. The number of hydrogen-bond acceptors (Lipinski definition) is 5. The summed E-state index contributed by atoms with van der Waals surface area (Å²) < 4.78 is 7.73. The molecule has 2 heterocycles. The van der Waals surface area contributed by atoms with Crippen LogP contribution in [0.1, 0.15) is 33.1 Å². The molecule has 0 atom stereocenters. The Hall–Kier alpha value is -3.71.